The Labute approximate surface area is 143 Å². The molecule has 0 fully saturated rings. The number of rotatable bonds is 1. The van der Waals surface area contributed by atoms with E-state index in [1.165, 1.54) is 16.9 Å². The first kappa shape index (κ1) is 14.9. The van der Waals surface area contributed by atoms with Gasteiger partial charge in [0.15, 0.2) is 5.78 Å². The van der Waals surface area contributed by atoms with E-state index in [0.29, 0.717) is 0 Å². The monoisotopic (exact) mass is 315 g/mol. The number of para-hydroxylation sites is 1. The van der Waals surface area contributed by atoms with E-state index in [9.17, 15) is 4.79 Å². The summed E-state index contributed by atoms with van der Waals surface area (Å²) in [6.45, 7) is 4.48. The zero-order valence-electron chi connectivity index (χ0n) is 14.3. The van der Waals surface area contributed by atoms with Gasteiger partial charge in [-0.15, -0.1) is 0 Å². The number of fused-ring (bicyclic) bond motifs is 2. The van der Waals surface area contributed by atoms with Crippen LogP contribution in [0.25, 0.3) is 0 Å². The minimum absolute atomic E-state index is 0.0586. The summed E-state index contributed by atoms with van der Waals surface area (Å²) in [6.07, 6.45) is 4.87. The van der Waals surface area contributed by atoms with Gasteiger partial charge >= 0.3 is 0 Å². The number of Topliss-reactive ketones (excluding diaryl/α,β-unsaturated/α-hetero) is 1. The van der Waals surface area contributed by atoms with Crippen LogP contribution in [0.1, 0.15) is 35.3 Å². The molecule has 0 amide bonds. The fourth-order valence-electron chi connectivity index (χ4n) is 3.97. The van der Waals surface area contributed by atoms with Crippen LogP contribution in [0.5, 0.6) is 0 Å². The summed E-state index contributed by atoms with van der Waals surface area (Å²) in [5, 5.41) is 0. The van der Waals surface area contributed by atoms with Gasteiger partial charge in [0, 0.05) is 41.4 Å². The van der Waals surface area contributed by atoms with Gasteiger partial charge in [0.2, 0.25) is 0 Å². The Balaban J connectivity index is 1.72. The number of hydrogen-bond acceptors (Lipinski definition) is 2. The number of allylic oxidation sites excluding steroid dienone is 4. The Morgan fingerprint density at radius 2 is 1.71 bits per heavy atom. The summed E-state index contributed by atoms with van der Waals surface area (Å²) in [5.74, 6) is 0.165. The van der Waals surface area contributed by atoms with Crippen molar-refractivity contribution in [2.24, 2.45) is 0 Å². The number of benzene rings is 2. The number of likely N-dealkylation sites (N-methyl/N-ethyl adjacent to an activating group) is 1. The highest BCUT2D eigenvalue weighted by Gasteiger charge is 2.37. The molecule has 1 aliphatic heterocycles. The lowest BCUT2D eigenvalue weighted by Gasteiger charge is -2.23. The van der Waals surface area contributed by atoms with Gasteiger partial charge in [-0.3, -0.25) is 4.79 Å². The van der Waals surface area contributed by atoms with Crippen molar-refractivity contribution in [3.05, 3.63) is 88.6 Å². The molecule has 2 aliphatic rings. The maximum atomic E-state index is 12.6. The van der Waals surface area contributed by atoms with Gasteiger partial charge in [0.1, 0.15) is 0 Å². The summed E-state index contributed by atoms with van der Waals surface area (Å²) in [6, 6.07) is 16.4. The zero-order valence-corrected chi connectivity index (χ0v) is 14.3. The lowest BCUT2D eigenvalue weighted by atomic mass is 9.83. The van der Waals surface area contributed by atoms with Gasteiger partial charge in [-0.2, -0.15) is 0 Å². The molecule has 0 saturated heterocycles. The molecule has 2 aromatic carbocycles. The molecule has 120 valence electrons. The number of ketones is 1. The summed E-state index contributed by atoms with van der Waals surface area (Å²) in [7, 11) is 2.10. The van der Waals surface area contributed by atoms with E-state index in [4.69, 9.17) is 0 Å². The van der Waals surface area contributed by atoms with E-state index in [1.54, 1.807) is 0 Å². The Morgan fingerprint density at radius 3 is 2.46 bits per heavy atom. The molecule has 0 atom stereocenters. The van der Waals surface area contributed by atoms with Crippen LogP contribution in [0.15, 0.2) is 72.0 Å². The fourth-order valence-corrected chi connectivity index (χ4v) is 3.97. The second kappa shape index (κ2) is 5.20. The van der Waals surface area contributed by atoms with Gasteiger partial charge in [-0.25, -0.2) is 0 Å². The minimum atomic E-state index is -0.0586. The molecular formula is C22H21NO. The lowest BCUT2D eigenvalue weighted by molar-refractivity contribution is 0.103. The van der Waals surface area contributed by atoms with Gasteiger partial charge < -0.3 is 4.90 Å². The molecule has 2 aromatic rings. The molecule has 2 heteroatoms. The molecular weight excluding hydrogens is 294 g/mol. The number of nitrogens with zero attached hydrogens (tertiary/aromatic N) is 1. The Bertz CT molecular complexity index is 902. The maximum Gasteiger partial charge on any atom is 0.189 e. The van der Waals surface area contributed by atoms with E-state index in [-0.39, 0.29) is 11.2 Å². The highest BCUT2D eigenvalue weighted by Crippen LogP contribution is 2.46. The molecule has 1 aliphatic carbocycles. The van der Waals surface area contributed by atoms with Crippen LogP contribution in [0.4, 0.5) is 5.69 Å². The first-order valence-electron chi connectivity index (χ1n) is 8.37. The minimum Gasteiger partial charge on any atom is -0.347 e. The van der Waals surface area contributed by atoms with E-state index in [1.807, 2.05) is 30.3 Å². The van der Waals surface area contributed by atoms with Crippen molar-refractivity contribution < 1.29 is 4.79 Å². The Kier molecular flexibility index (Phi) is 3.24. The molecule has 2 nitrogen and oxygen atoms in total. The molecule has 1 heterocycles. The number of carbonyl (C=O) groups excluding carboxylic acids is 1. The molecule has 0 saturated carbocycles. The summed E-state index contributed by atoms with van der Waals surface area (Å²) >= 11 is 0. The second-order valence-electron chi connectivity index (χ2n) is 7.11. The highest BCUT2D eigenvalue weighted by atomic mass is 16.1. The molecule has 0 spiro atoms. The normalized spacial score (nSPS) is 21.5. The van der Waals surface area contributed by atoms with E-state index >= 15 is 0 Å². The maximum absolute atomic E-state index is 12.6. The second-order valence-corrected chi connectivity index (χ2v) is 7.11. The molecule has 4 rings (SSSR count). The molecule has 24 heavy (non-hydrogen) atoms. The highest BCUT2D eigenvalue weighted by molar-refractivity contribution is 6.13. The zero-order chi connectivity index (χ0) is 16.9. The van der Waals surface area contributed by atoms with Gasteiger partial charge in [-0.05, 0) is 23.3 Å². The third-order valence-corrected chi connectivity index (χ3v) is 5.32. The van der Waals surface area contributed by atoms with Crippen molar-refractivity contribution in [1.29, 1.82) is 0 Å². The topological polar surface area (TPSA) is 20.3 Å². The number of anilines is 1. The van der Waals surface area contributed by atoms with Crippen molar-refractivity contribution in [1.82, 2.24) is 0 Å². The SMILES string of the molecule is CN1/C(=C\C=C2/Cc3ccccc3C2=O)C(C)(C)c2ccccc21. The predicted molar refractivity (Wildman–Crippen MR) is 98.5 cm³/mol. The summed E-state index contributed by atoms with van der Waals surface area (Å²) in [4.78, 5) is 14.8. The van der Waals surface area contributed by atoms with Crippen molar-refractivity contribution in [2.45, 2.75) is 25.7 Å². The molecule has 0 N–H and O–H groups in total. The number of hydrogen-bond donors (Lipinski definition) is 0. The Hall–Kier alpha value is -2.61. The van der Waals surface area contributed by atoms with Crippen molar-refractivity contribution in [3.63, 3.8) is 0 Å². The molecule has 0 radical (unpaired) electrons. The Morgan fingerprint density at radius 1 is 1.00 bits per heavy atom. The fraction of sp³-hybridized carbons (Fsp3) is 0.227. The first-order chi connectivity index (χ1) is 11.5. The van der Waals surface area contributed by atoms with Crippen LogP contribution in [-0.2, 0) is 11.8 Å². The molecule has 0 unspecified atom stereocenters. The first-order valence-corrected chi connectivity index (χ1v) is 8.37. The lowest BCUT2D eigenvalue weighted by Crippen LogP contribution is -2.22. The standard InChI is InChI=1S/C22H21NO/c1-22(2)18-10-6-7-11-19(18)23(3)20(22)13-12-16-14-15-8-4-5-9-17(15)21(16)24/h4-13H,14H2,1-3H3/b16-12+,20-13-. The van der Waals surface area contributed by atoms with Crippen molar-refractivity contribution >= 4 is 11.5 Å². The summed E-state index contributed by atoms with van der Waals surface area (Å²) in [5.41, 5.74) is 6.60. The van der Waals surface area contributed by atoms with Crippen molar-refractivity contribution in [2.75, 3.05) is 11.9 Å². The average Bonchev–Trinajstić information content (AvgIpc) is 3.00. The van der Waals surface area contributed by atoms with E-state index in [2.05, 4.69) is 56.1 Å². The van der Waals surface area contributed by atoms with Crippen LogP contribution < -0.4 is 4.90 Å². The number of carbonyl (C=O) groups is 1. The van der Waals surface area contributed by atoms with Crippen LogP contribution in [0, 0.1) is 0 Å². The predicted octanol–water partition coefficient (Wildman–Crippen LogP) is 4.66. The van der Waals surface area contributed by atoms with Crippen molar-refractivity contribution in [3.8, 4) is 0 Å². The van der Waals surface area contributed by atoms with E-state index in [0.717, 1.165) is 23.1 Å². The smallest absolute Gasteiger partial charge is 0.189 e. The molecule has 0 bridgehead atoms. The van der Waals surface area contributed by atoms with Crippen LogP contribution >= 0.6 is 0 Å². The van der Waals surface area contributed by atoms with Gasteiger partial charge in [-0.1, -0.05) is 62.4 Å². The van der Waals surface area contributed by atoms with Crippen LogP contribution in [0.3, 0.4) is 0 Å². The third-order valence-electron chi connectivity index (χ3n) is 5.32. The quantitative estimate of drug-likeness (QED) is 0.713. The van der Waals surface area contributed by atoms with Gasteiger partial charge in [0.25, 0.3) is 0 Å². The van der Waals surface area contributed by atoms with E-state index < -0.39 is 0 Å². The van der Waals surface area contributed by atoms with Crippen LogP contribution in [0.2, 0.25) is 0 Å². The molecule has 0 aromatic heterocycles. The summed E-state index contributed by atoms with van der Waals surface area (Å²) < 4.78 is 0. The average molecular weight is 315 g/mol. The largest absolute Gasteiger partial charge is 0.347 e. The van der Waals surface area contributed by atoms with Crippen LogP contribution in [-0.4, -0.2) is 12.8 Å². The third kappa shape index (κ3) is 2.06. The van der Waals surface area contributed by atoms with Gasteiger partial charge in [0.05, 0.1) is 0 Å².